The van der Waals surface area contributed by atoms with Crippen LogP contribution < -0.4 is 9.47 Å². The van der Waals surface area contributed by atoms with Crippen LogP contribution in [0.5, 0.6) is 11.5 Å². The molecule has 0 unspecified atom stereocenters. The summed E-state index contributed by atoms with van der Waals surface area (Å²) in [5, 5.41) is 17.5. The molecule has 1 aromatic carbocycles. The highest BCUT2D eigenvalue weighted by Gasteiger charge is 2.09. The number of hydrogen-bond acceptors (Lipinski definition) is 6. The first kappa shape index (κ1) is 11.4. The molecule has 2 aromatic rings. The first-order valence-electron chi connectivity index (χ1n) is 4.85. The number of aliphatic hydroxyl groups is 2. The molecule has 90 valence electrons. The van der Waals surface area contributed by atoms with Gasteiger partial charge in [0, 0.05) is 5.56 Å². The van der Waals surface area contributed by atoms with Crippen molar-refractivity contribution >= 4 is 0 Å². The topological polar surface area (TPSA) is 85.0 Å². The van der Waals surface area contributed by atoms with Gasteiger partial charge in [-0.25, -0.2) is 4.98 Å². The largest absolute Gasteiger partial charge is 0.464 e. The average Bonchev–Trinajstić information content (AvgIpc) is 2.85. The minimum absolute atomic E-state index is 0.315. The maximum absolute atomic E-state index is 8.76. The summed E-state index contributed by atoms with van der Waals surface area (Å²) >= 11 is 0. The predicted octanol–water partition coefficient (Wildman–Crippen LogP) is 0.999. The molecule has 0 saturated heterocycles. The van der Waals surface area contributed by atoms with Gasteiger partial charge >= 0.3 is 0 Å². The van der Waals surface area contributed by atoms with Crippen LogP contribution in [0.25, 0.3) is 11.3 Å². The summed E-state index contributed by atoms with van der Waals surface area (Å²) in [6.07, 6.45) is 2.88. The summed E-state index contributed by atoms with van der Waals surface area (Å²) in [5.74, 6) is 1.23. The van der Waals surface area contributed by atoms with E-state index in [4.69, 9.17) is 24.1 Å². The normalized spacial score (nSPS) is 10.2. The monoisotopic (exact) mass is 237 g/mol. The fourth-order valence-corrected chi connectivity index (χ4v) is 1.39. The summed E-state index contributed by atoms with van der Waals surface area (Å²) in [7, 11) is 0. The summed E-state index contributed by atoms with van der Waals surface area (Å²) in [6.45, 7) is -0.953. The molecule has 0 aliphatic heterocycles. The highest BCUT2D eigenvalue weighted by atomic mass is 16.6. The van der Waals surface area contributed by atoms with Crippen LogP contribution in [0.2, 0.25) is 0 Å². The van der Waals surface area contributed by atoms with Crippen molar-refractivity contribution in [1.82, 2.24) is 4.98 Å². The molecule has 2 N–H and O–H groups in total. The lowest BCUT2D eigenvalue weighted by Crippen LogP contribution is -2.01. The van der Waals surface area contributed by atoms with Crippen molar-refractivity contribution in [2.45, 2.75) is 0 Å². The van der Waals surface area contributed by atoms with Gasteiger partial charge in [0.2, 0.25) is 0 Å². The molecule has 0 bridgehead atoms. The molecule has 0 fully saturated rings. The SMILES string of the molecule is OCOc1ccc(-c2cnco2)cc1OCO. The van der Waals surface area contributed by atoms with Gasteiger partial charge in [0.05, 0.1) is 6.20 Å². The van der Waals surface area contributed by atoms with Crippen molar-refractivity contribution in [3.63, 3.8) is 0 Å². The Bertz CT molecular complexity index is 469. The van der Waals surface area contributed by atoms with Gasteiger partial charge in [-0.2, -0.15) is 0 Å². The second kappa shape index (κ2) is 5.33. The van der Waals surface area contributed by atoms with Crippen LogP contribution in [0.3, 0.4) is 0 Å². The highest BCUT2D eigenvalue weighted by molar-refractivity contribution is 5.61. The lowest BCUT2D eigenvalue weighted by Gasteiger charge is -2.10. The van der Waals surface area contributed by atoms with E-state index in [2.05, 4.69) is 4.98 Å². The van der Waals surface area contributed by atoms with E-state index in [9.17, 15) is 0 Å². The number of hydrogen-bond donors (Lipinski definition) is 2. The van der Waals surface area contributed by atoms with Gasteiger partial charge in [-0.15, -0.1) is 0 Å². The number of nitrogens with zero attached hydrogens (tertiary/aromatic N) is 1. The number of oxazole rings is 1. The van der Waals surface area contributed by atoms with E-state index in [-0.39, 0.29) is 0 Å². The molecule has 1 heterocycles. The Labute approximate surface area is 97.0 Å². The smallest absolute Gasteiger partial charge is 0.186 e. The van der Waals surface area contributed by atoms with Crippen molar-refractivity contribution in [1.29, 1.82) is 0 Å². The fourth-order valence-electron chi connectivity index (χ4n) is 1.39. The van der Waals surface area contributed by atoms with Crippen LogP contribution in [-0.4, -0.2) is 28.8 Å². The molecule has 6 heteroatoms. The fraction of sp³-hybridized carbons (Fsp3) is 0.182. The third-order valence-electron chi connectivity index (χ3n) is 2.10. The van der Waals surface area contributed by atoms with Gasteiger partial charge in [0.1, 0.15) is 0 Å². The van der Waals surface area contributed by atoms with Crippen LogP contribution in [0.15, 0.2) is 35.2 Å². The molecule has 0 atom stereocenters. The van der Waals surface area contributed by atoms with Crippen LogP contribution in [0.1, 0.15) is 0 Å². The van der Waals surface area contributed by atoms with Crippen LogP contribution in [0.4, 0.5) is 0 Å². The van der Waals surface area contributed by atoms with Gasteiger partial charge in [0.25, 0.3) is 0 Å². The Morgan fingerprint density at radius 2 is 1.88 bits per heavy atom. The number of ether oxygens (including phenoxy) is 2. The van der Waals surface area contributed by atoms with E-state index in [1.807, 2.05) is 0 Å². The first-order valence-corrected chi connectivity index (χ1v) is 4.85. The summed E-state index contributed by atoms with van der Waals surface area (Å²) in [5.41, 5.74) is 0.733. The van der Waals surface area contributed by atoms with Crippen LogP contribution >= 0.6 is 0 Å². The molecule has 1 aromatic heterocycles. The Hall–Kier alpha value is -2.05. The third kappa shape index (κ3) is 2.55. The zero-order chi connectivity index (χ0) is 12.1. The second-order valence-corrected chi connectivity index (χ2v) is 3.07. The number of aromatic nitrogens is 1. The number of benzene rings is 1. The molecule has 6 nitrogen and oxygen atoms in total. The van der Waals surface area contributed by atoms with Crippen molar-refractivity contribution in [2.24, 2.45) is 0 Å². The van der Waals surface area contributed by atoms with E-state index in [0.29, 0.717) is 17.3 Å². The van der Waals surface area contributed by atoms with Crippen LogP contribution in [0, 0.1) is 0 Å². The molecule has 0 aliphatic carbocycles. The molecule has 0 amide bonds. The Kier molecular flexibility index (Phi) is 3.59. The summed E-state index contributed by atoms with van der Waals surface area (Å²) in [4.78, 5) is 3.80. The Balaban J connectivity index is 2.34. The van der Waals surface area contributed by atoms with Crippen LogP contribution in [-0.2, 0) is 0 Å². The zero-order valence-corrected chi connectivity index (χ0v) is 8.87. The summed E-state index contributed by atoms with van der Waals surface area (Å²) < 4.78 is 15.1. The molecule has 0 aliphatic rings. The molecule has 0 spiro atoms. The minimum atomic E-state index is -0.484. The minimum Gasteiger partial charge on any atom is -0.464 e. The van der Waals surface area contributed by atoms with E-state index in [1.54, 1.807) is 24.4 Å². The van der Waals surface area contributed by atoms with Crippen molar-refractivity contribution < 1.29 is 24.1 Å². The van der Waals surface area contributed by atoms with E-state index < -0.39 is 13.6 Å². The summed E-state index contributed by atoms with van der Waals surface area (Å²) in [6, 6.07) is 4.97. The molecular weight excluding hydrogens is 226 g/mol. The molecule has 0 radical (unpaired) electrons. The van der Waals surface area contributed by atoms with Crippen molar-refractivity contribution in [3.8, 4) is 22.8 Å². The lowest BCUT2D eigenvalue weighted by atomic mass is 10.1. The number of rotatable bonds is 5. The van der Waals surface area contributed by atoms with Gasteiger partial charge in [0.15, 0.2) is 37.2 Å². The van der Waals surface area contributed by atoms with Gasteiger partial charge in [-0.3, -0.25) is 0 Å². The average molecular weight is 237 g/mol. The quantitative estimate of drug-likeness (QED) is 0.754. The van der Waals surface area contributed by atoms with Gasteiger partial charge in [-0.05, 0) is 18.2 Å². The third-order valence-corrected chi connectivity index (χ3v) is 2.10. The zero-order valence-electron chi connectivity index (χ0n) is 8.87. The van der Waals surface area contributed by atoms with Gasteiger partial charge in [-0.1, -0.05) is 0 Å². The van der Waals surface area contributed by atoms with Crippen molar-refractivity contribution in [2.75, 3.05) is 13.6 Å². The Morgan fingerprint density at radius 3 is 2.53 bits per heavy atom. The second-order valence-electron chi connectivity index (χ2n) is 3.07. The standard InChI is InChI=1S/C11H11NO5/c13-6-16-9-2-1-8(3-10(9)17-7-14)11-4-12-5-15-11/h1-5,13-14H,6-7H2. The van der Waals surface area contributed by atoms with E-state index in [1.165, 1.54) is 6.39 Å². The predicted molar refractivity (Wildman–Crippen MR) is 57.4 cm³/mol. The molecule has 17 heavy (non-hydrogen) atoms. The van der Waals surface area contributed by atoms with E-state index >= 15 is 0 Å². The van der Waals surface area contributed by atoms with Gasteiger partial charge < -0.3 is 24.1 Å². The Morgan fingerprint density at radius 1 is 1.12 bits per heavy atom. The molecule has 0 saturated carbocycles. The molecule has 2 rings (SSSR count). The number of aliphatic hydroxyl groups excluding tert-OH is 2. The van der Waals surface area contributed by atoms with E-state index in [0.717, 1.165) is 5.56 Å². The van der Waals surface area contributed by atoms with Crippen molar-refractivity contribution in [3.05, 3.63) is 30.8 Å². The lowest BCUT2D eigenvalue weighted by molar-refractivity contribution is 0.0744. The maximum atomic E-state index is 8.76. The molecular formula is C11H11NO5. The first-order chi connectivity index (χ1) is 8.35. The highest BCUT2D eigenvalue weighted by Crippen LogP contribution is 2.32. The maximum Gasteiger partial charge on any atom is 0.186 e.